The Morgan fingerprint density at radius 1 is 1.26 bits per heavy atom. The molecule has 0 fully saturated rings. The summed E-state index contributed by atoms with van der Waals surface area (Å²) in [5.41, 5.74) is 2.55. The minimum Gasteiger partial charge on any atom is -0.496 e. The van der Waals surface area contributed by atoms with Gasteiger partial charge >= 0.3 is 0 Å². The highest BCUT2D eigenvalue weighted by molar-refractivity contribution is 7.98. The standard InChI is InChI=1S/C21H21F2N5O2S/c1-13-6-14(11-31(3,29)26-12-24)8-16(7-13)27-21-25-10-18(23)20(28-21)17-5-4-15(22)9-19(17)30-2/h4-10,31H,11H2,1-3H3,(H,26,29)(H,25,27,28). The Morgan fingerprint density at radius 3 is 2.74 bits per heavy atom. The summed E-state index contributed by atoms with van der Waals surface area (Å²) in [6, 6.07) is 9.23. The van der Waals surface area contributed by atoms with E-state index in [1.165, 1.54) is 19.2 Å². The molecule has 31 heavy (non-hydrogen) atoms. The highest BCUT2D eigenvalue weighted by atomic mass is 32.3. The first-order valence-corrected chi connectivity index (χ1v) is 11.5. The van der Waals surface area contributed by atoms with Crippen molar-refractivity contribution in [2.45, 2.75) is 12.7 Å². The molecule has 0 saturated heterocycles. The third-order valence-corrected chi connectivity index (χ3v) is 5.78. The Hall–Kier alpha value is -3.42. The summed E-state index contributed by atoms with van der Waals surface area (Å²) in [5, 5.41) is 11.8. The van der Waals surface area contributed by atoms with Crippen molar-refractivity contribution in [1.82, 2.24) is 9.97 Å². The number of anilines is 2. The summed E-state index contributed by atoms with van der Waals surface area (Å²) in [4.78, 5) is 8.22. The number of aromatic nitrogens is 2. The number of rotatable bonds is 6. The van der Waals surface area contributed by atoms with Crippen LogP contribution in [-0.2, 0) is 15.9 Å². The Morgan fingerprint density at radius 2 is 2.03 bits per heavy atom. The molecule has 10 heteroatoms. The maximum absolute atomic E-state index is 14.4. The second kappa shape index (κ2) is 9.16. The maximum atomic E-state index is 14.4. The largest absolute Gasteiger partial charge is 0.496 e. The van der Waals surface area contributed by atoms with E-state index in [0.717, 1.165) is 23.4 Å². The number of thiol groups is 1. The van der Waals surface area contributed by atoms with Crippen LogP contribution in [0.3, 0.4) is 0 Å². The first-order chi connectivity index (χ1) is 14.7. The highest BCUT2D eigenvalue weighted by Crippen LogP contribution is 2.32. The van der Waals surface area contributed by atoms with Crippen LogP contribution in [-0.4, -0.2) is 27.9 Å². The highest BCUT2D eigenvalue weighted by Gasteiger charge is 2.15. The van der Waals surface area contributed by atoms with Crippen molar-refractivity contribution in [1.29, 1.82) is 5.26 Å². The van der Waals surface area contributed by atoms with Crippen LogP contribution in [0.15, 0.2) is 47.0 Å². The van der Waals surface area contributed by atoms with Gasteiger partial charge in [0.25, 0.3) is 0 Å². The van der Waals surface area contributed by atoms with Gasteiger partial charge in [0, 0.05) is 23.1 Å². The van der Waals surface area contributed by atoms with Gasteiger partial charge in [-0.2, -0.15) is 5.26 Å². The van der Waals surface area contributed by atoms with Crippen molar-refractivity contribution < 1.29 is 18.1 Å². The van der Waals surface area contributed by atoms with Gasteiger partial charge in [-0.1, -0.05) is 16.2 Å². The Balaban J connectivity index is 1.95. The number of ether oxygens (including phenoxy) is 1. The molecule has 1 aromatic heterocycles. The van der Waals surface area contributed by atoms with E-state index in [4.69, 9.17) is 10.00 Å². The van der Waals surface area contributed by atoms with Crippen molar-refractivity contribution in [3.8, 4) is 23.2 Å². The summed E-state index contributed by atoms with van der Waals surface area (Å²) in [7, 11) is -1.38. The summed E-state index contributed by atoms with van der Waals surface area (Å²) in [6.07, 6.45) is 4.23. The van der Waals surface area contributed by atoms with Crippen LogP contribution >= 0.6 is 0 Å². The van der Waals surface area contributed by atoms with Crippen LogP contribution in [0.5, 0.6) is 5.75 Å². The molecule has 3 aromatic rings. The predicted molar refractivity (Wildman–Crippen MR) is 117 cm³/mol. The van der Waals surface area contributed by atoms with Crippen LogP contribution < -0.4 is 10.1 Å². The number of hydrogen-bond acceptors (Lipinski definition) is 6. The second-order valence-electron chi connectivity index (χ2n) is 7.01. The van der Waals surface area contributed by atoms with E-state index < -0.39 is 21.7 Å². The van der Waals surface area contributed by atoms with E-state index >= 15 is 0 Å². The average molecular weight is 445 g/mol. The molecule has 0 aliphatic heterocycles. The van der Waals surface area contributed by atoms with Crippen LogP contribution in [0.2, 0.25) is 0 Å². The Kier molecular flexibility index (Phi) is 6.58. The molecular formula is C21H21F2N5O2S. The van der Waals surface area contributed by atoms with Gasteiger partial charge in [0.15, 0.2) is 5.82 Å². The van der Waals surface area contributed by atoms with Crippen LogP contribution in [0.25, 0.3) is 11.3 Å². The van der Waals surface area contributed by atoms with Gasteiger partial charge in [-0.3, -0.25) is 0 Å². The summed E-state index contributed by atoms with van der Waals surface area (Å²) in [6.45, 7) is 1.88. The van der Waals surface area contributed by atoms with Crippen molar-refractivity contribution in [3.63, 3.8) is 0 Å². The number of nitrogens with zero attached hydrogens (tertiary/aromatic N) is 4. The lowest BCUT2D eigenvalue weighted by Crippen LogP contribution is -2.10. The van der Waals surface area contributed by atoms with Crippen molar-refractivity contribution in [3.05, 3.63) is 65.4 Å². The molecule has 0 bridgehead atoms. The lowest BCUT2D eigenvalue weighted by molar-refractivity contribution is 0.412. The number of methoxy groups -OCH3 is 1. The van der Waals surface area contributed by atoms with Gasteiger partial charge in [0.2, 0.25) is 12.1 Å². The van der Waals surface area contributed by atoms with E-state index in [0.29, 0.717) is 5.69 Å². The molecule has 2 aromatic carbocycles. The number of halogens is 2. The molecule has 1 heterocycles. The van der Waals surface area contributed by atoms with E-state index in [1.54, 1.807) is 18.5 Å². The molecule has 162 valence electrons. The van der Waals surface area contributed by atoms with E-state index in [9.17, 15) is 13.3 Å². The van der Waals surface area contributed by atoms with Gasteiger partial charge in [-0.05, 0) is 48.6 Å². The molecule has 0 aliphatic carbocycles. The first kappa shape index (κ1) is 22.3. The molecule has 0 amide bonds. The number of benzene rings is 2. The number of nitriles is 1. The molecule has 0 unspecified atom stereocenters. The van der Waals surface area contributed by atoms with Gasteiger partial charge in [-0.25, -0.2) is 18.7 Å². The number of hydrogen-bond donors (Lipinski definition) is 3. The number of aryl methyl sites for hydroxylation is 1. The predicted octanol–water partition coefficient (Wildman–Crippen LogP) is 4.64. The van der Waals surface area contributed by atoms with Crippen LogP contribution in [0.4, 0.5) is 20.4 Å². The lowest BCUT2D eigenvalue weighted by atomic mass is 10.1. The van der Waals surface area contributed by atoms with Gasteiger partial charge in [0.05, 0.1) is 13.3 Å². The van der Waals surface area contributed by atoms with Crippen molar-refractivity contribution in [2.75, 3.05) is 18.7 Å². The average Bonchev–Trinajstić information content (AvgIpc) is 2.68. The van der Waals surface area contributed by atoms with Crippen molar-refractivity contribution in [2.24, 2.45) is 4.36 Å². The molecule has 3 rings (SSSR count). The van der Waals surface area contributed by atoms with Gasteiger partial charge in [0.1, 0.15) is 17.3 Å². The zero-order valence-corrected chi connectivity index (χ0v) is 18.0. The third kappa shape index (κ3) is 5.59. The Bertz CT molecular complexity index is 1220. The maximum Gasteiger partial charge on any atom is 0.227 e. The second-order valence-corrected chi connectivity index (χ2v) is 9.71. The van der Waals surface area contributed by atoms with Crippen molar-refractivity contribution >= 4 is 21.7 Å². The zero-order chi connectivity index (χ0) is 22.6. The summed E-state index contributed by atoms with van der Waals surface area (Å²) in [5.74, 6) is -0.683. The number of nitrogens with one attached hydrogen (secondary N) is 1. The fourth-order valence-corrected chi connectivity index (χ4v) is 4.25. The molecule has 0 spiro atoms. The third-order valence-electron chi connectivity index (χ3n) is 4.30. The normalized spacial score (nSPS) is 11.5. The molecule has 0 saturated carbocycles. The van der Waals surface area contributed by atoms with Gasteiger partial charge < -0.3 is 14.6 Å². The topological polar surface area (TPSA) is 103 Å². The Labute approximate surface area is 179 Å². The SMILES string of the molecule is COc1cc(F)ccc1-c1nc(Nc2cc(C)cc(C[SH](C)(O)=NC#N)c2)ncc1F. The van der Waals surface area contributed by atoms with Crippen LogP contribution in [0.1, 0.15) is 11.1 Å². The molecule has 0 aliphatic rings. The minimum absolute atomic E-state index is 0.0381. The van der Waals surface area contributed by atoms with Crippen LogP contribution in [0, 0.1) is 30.0 Å². The van der Waals surface area contributed by atoms with Gasteiger partial charge in [-0.15, -0.1) is 4.36 Å². The molecule has 0 radical (unpaired) electrons. The fraction of sp³-hybridized carbons (Fsp3) is 0.190. The monoisotopic (exact) mass is 445 g/mol. The summed E-state index contributed by atoms with van der Waals surface area (Å²) >= 11 is 0. The molecule has 7 nitrogen and oxygen atoms in total. The smallest absolute Gasteiger partial charge is 0.227 e. The molecular weight excluding hydrogens is 424 g/mol. The summed E-state index contributed by atoms with van der Waals surface area (Å²) < 4.78 is 47.0. The first-order valence-electron chi connectivity index (χ1n) is 9.14. The molecule has 2 N–H and O–H groups in total. The zero-order valence-electron chi connectivity index (χ0n) is 17.1. The van der Waals surface area contributed by atoms with E-state index in [2.05, 4.69) is 19.6 Å². The quantitative estimate of drug-likeness (QED) is 0.377. The van der Waals surface area contributed by atoms with E-state index in [1.807, 2.05) is 19.1 Å². The van der Waals surface area contributed by atoms with E-state index in [-0.39, 0.29) is 28.7 Å². The molecule has 0 atom stereocenters. The minimum atomic E-state index is -2.74. The lowest BCUT2D eigenvalue weighted by Gasteiger charge is -2.17. The fourth-order valence-electron chi connectivity index (χ4n) is 3.11.